The lowest BCUT2D eigenvalue weighted by molar-refractivity contribution is -0.129. The lowest BCUT2D eigenvalue weighted by Gasteiger charge is -2.38. The number of piperazine rings is 1. The largest absolute Gasteiger partial charge is 0.506 e. The number of likely N-dealkylation sites (tertiary alicyclic amines) is 1. The molecule has 1 aromatic rings. The number of aliphatic imine (C=N–C) groups is 1. The van der Waals surface area contributed by atoms with Crippen molar-refractivity contribution in [1.82, 2.24) is 15.1 Å². The number of nitrogens with one attached hydrogen (secondary N) is 1. The topological polar surface area (TPSA) is 71.4 Å². The van der Waals surface area contributed by atoms with Gasteiger partial charge in [0.05, 0.1) is 5.69 Å². The molecule has 3 rings (SSSR count). The fraction of sp³-hybridized carbons (Fsp3) is 0.636. The van der Waals surface area contributed by atoms with Crippen molar-refractivity contribution in [1.29, 1.82) is 0 Å². The Bertz CT molecular complexity index is 707. The number of hydrogen-bond donors (Lipinski definition) is 2. The highest BCUT2D eigenvalue weighted by Crippen LogP contribution is 2.27. The molecule has 7 nitrogen and oxygen atoms in total. The second-order valence-electron chi connectivity index (χ2n) is 7.74. The number of amides is 1. The van der Waals surface area contributed by atoms with Gasteiger partial charge in [0, 0.05) is 58.3 Å². The van der Waals surface area contributed by atoms with Gasteiger partial charge in [-0.25, -0.2) is 0 Å². The summed E-state index contributed by atoms with van der Waals surface area (Å²) in [6.45, 7) is 10.1. The van der Waals surface area contributed by atoms with E-state index in [4.69, 9.17) is 4.99 Å². The lowest BCUT2D eigenvalue weighted by Crippen LogP contribution is -2.52. The summed E-state index contributed by atoms with van der Waals surface area (Å²) in [5, 5.41) is 13.5. The molecule has 0 aromatic heterocycles. The highest BCUT2D eigenvalue weighted by atomic mass is 127. The van der Waals surface area contributed by atoms with Gasteiger partial charge in [0.1, 0.15) is 5.75 Å². The predicted molar refractivity (Wildman–Crippen MR) is 133 cm³/mol. The molecule has 1 aromatic carbocycles. The van der Waals surface area contributed by atoms with Crippen molar-refractivity contribution >= 4 is 41.5 Å². The number of carbonyl (C=O) groups is 1. The number of para-hydroxylation sites is 2. The van der Waals surface area contributed by atoms with Gasteiger partial charge in [0.2, 0.25) is 5.91 Å². The van der Waals surface area contributed by atoms with Crippen molar-refractivity contribution in [3.63, 3.8) is 0 Å². The standard InChI is InChI=1S/C22H35N5O2.HI/c1-3-18(27-13-7-10-21(27)29)11-12-24-22(23-4-2)26-16-14-25(15-17-26)19-8-5-6-9-20(19)28;/h5-6,8-9,18,28H,3-4,7,10-17H2,1-2H3,(H,23,24);1H. The number of phenolic OH excluding ortho intramolecular Hbond substituents is 1. The molecule has 1 amide bonds. The molecule has 2 fully saturated rings. The molecule has 2 aliphatic heterocycles. The fourth-order valence-electron chi connectivity index (χ4n) is 4.27. The third-order valence-electron chi connectivity index (χ3n) is 5.88. The summed E-state index contributed by atoms with van der Waals surface area (Å²) < 4.78 is 0. The van der Waals surface area contributed by atoms with E-state index >= 15 is 0 Å². The first-order valence-electron chi connectivity index (χ1n) is 11.0. The number of aromatic hydroxyl groups is 1. The van der Waals surface area contributed by atoms with Crippen LogP contribution in [0, 0.1) is 0 Å². The molecule has 2 N–H and O–H groups in total. The van der Waals surface area contributed by atoms with Crippen LogP contribution in [0.4, 0.5) is 5.69 Å². The van der Waals surface area contributed by atoms with Gasteiger partial charge in [-0.2, -0.15) is 0 Å². The molecule has 168 valence electrons. The van der Waals surface area contributed by atoms with Gasteiger partial charge >= 0.3 is 0 Å². The number of halogens is 1. The number of guanidine groups is 1. The molecule has 8 heteroatoms. The van der Waals surface area contributed by atoms with Crippen LogP contribution in [0.1, 0.15) is 39.5 Å². The number of hydrogen-bond acceptors (Lipinski definition) is 4. The third kappa shape index (κ3) is 6.15. The maximum absolute atomic E-state index is 12.0. The van der Waals surface area contributed by atoms with Crippen LogP contribution < -0.4 is 10.2 Å². The van der Waals surface area contributed by atoms with E-state index in [0.29, 0.717) is 24.1 Å². The van der Waals surface area contributed by atoms with Gasteiger partial charge in [0.25, 0.3) is 0 Å². The van der Waals surface area contributed by atoms with Crippen LogP contribution >= 0.6 is 24.0 Å². The summed E-state index contributed by atoms with van der Waals surface area (Å²) in [6, 6.07) is 7.82. The van der Waals surface area contributed by atoms with Gasteiger partial charge in [-0.05, 0) is 38.3 Å². The molecule has 2 saturated heterocycles. The van der Waals surface area contributed by atoms with E-state index in [2.05, 4.69) is 29.0 Å². The second kappa shape index (κ2) is 12.2. The van der Waals surface area contributed by atoms with Crippen LogP contribution in [0.2, 0.25) is 0 Å². The Balaban J connectivity index is 0.00000320. The van der Waals surface area contributed by atoms with Crippen molar-refractivity contribution in [2.24, 2.45) is 4.99 Å². The zero-order valence-corrected chi connectivity index (χ0v) is 20.5. The molecule has 2 heterocycles. The first-order valence-corrected chi connectivity index (χ1v) is 11.0. The van der Waals surface area contributed by atoms with E-state index in [1.165, 1.54) is 0 Å². The van der Waals surface area contributed by atoms with Gasteiger partial charge < -0.3 is 25.1 Å². The van der Waals surface area contributed by atoms with Crippen LogP contribution in [0.25, 0.3) is 0 Å². The summed E-state index contributed by atoms with van der Waals surface area (Å²) in [7, 11) is 0. The van der Waals surface area contributed by atoms with Gasteiger partial charge in [-0.1, -0.05) is 19.1 Å². The van der Waals surface area contributed by atoms with E-state index < -0.39 is 0 Å². The zero-order chi connectivity index (χ0) is 20.6. The Morgan fingerprint density at radius 1 is 1.17 bits per heavy atom. The highest BCUT2D eigenvalue weighted by molar-refractivity contribution is 14.0. The van der Waals surface area contributed by atoms with E-state index in [1.807, 2.05) is 23.1 Å². The van der Waals surface area contributed by atoms with Crippen LogP contribution in [-0.2, 0) is 4.79 Å². The summed E-state index contributed by atoms with van der Waals surface area (Å²) in [4.78, 5) is 23.5. The Hall–Kier alpha value is -1.71. The van der Waals surface area contributed by atoms with Gasteiger partial charge in [0.15, 0.2) is 5.96 Å². The zero-order valence-electron chi connectivity index (χ0n) is 18.2. The smallest absolute Gasteiger partial charge is 0.222 e. The number of phenols is 1. The molecule has 0 radical (unpaired) electrons. The summed E-state index contributed by atoms with van der Waals surface area (Å²) >= 11 is 0. The van der Waals surface area contributed by atoms with E-state index in [-0.39, 0.29) is 24.0 Å². The quantitative estimate of drug-likeness (QED) is 0.323. The molecule has 30 heavy (non-hydrogen) atoms. The maximum atomic E-state index is 12.0. The first-order chi connectivity index (χ1) is 14.1. The minimum Gasteiger partial charge on any atom is -0.506 e. The van der Waals surface area contributed by atoms with Gasteiger partial charge in [-0.15, -0.1) is 24.0 Å². The minimum absolute atomic E-state index is 0. The fourth-order valence-corrected chi connectivity index (χ4v) is 4.27. The van der Waals surface area contributed by atoms with Crippen molar-refractivity contribution in [3.05, 3.63) is 24.3 Å². The van der Waals surface area contributed by atoms with Crippen LogP contribution in [0.5, 0.6) is 5.75 Å². The van der Waals surface area contributed by atoms with Crippen molar-refractivity contribution in [2.45, 2.75) is 45.6 Å². The summed E-state index contributed by atoms with van der Waals surface area (Å²) in [6.07, 6.45) is 3.58. The van der Waals surface area contributed by atoms with E-state index in [1.54, 1.807) is 6.07 Å². The van der Waals surface area contributed by atoms with Crippen molar-refractivity contribution in [2.75, 3.05) is 50.7 Å². The van der Waals surface area contributed by atoms with Crippen molar-refractivity contribution in [3.8, 4) is 5.75 Å². The summed E-state index contributed by atoms with van der Waals surface area (Å²) in [5.74, 6) is 1.59. The molecule has 0 aliphatic carbocycles. The average molecular weight is 529 g/mol. The molecule has 0 spiro atoms. The third-order valence-corrected chi connectivity index (χ3v) is 5.88. The number of anilines is 1. The maximum Gasteiger partial charge on any atom is 0.222 e. The molecule has 0 saturated carbocycles. The van der Waals surface area contributed by atoms with E-state index in [0.717, 1.165) is 76.7 Å². The second-order valence-corrected chi connectivity index (χ2v) is 7.74. The lowest BCUT2D eigenvalue weighted by atomic mass is 10.1. The molecule has 1 unspecified atom stereocenters. The minimum atomic E-state index is 0. The predicted octanol–water partition coefficient (Wildman–Crippen LogP) is 2.89. The monoisotopic (exact) mass is 529 g/mol. The molecule has 1 atom stereocenters. The Kier molecular flexibility index (Phi) is 10.0. The SMILES string of the molecule is CCNC(=NCCC(CC)N1CCCC1=O)N1CCN(c2ccccc2O)CC1.I. The number of nitrogens with zero attached hydrogens (tertiary/aromatic N) is 4. The summed E-state index contributed by atoms with van der Waals surface area (Å²) in [5.41, 5.74) is 0.898. The van der Waals surface area contributed by atoms with Gasteiger partial charge in [-0.3, -0.25) is 9.79 Å². The van der Waals surface area contributed by atoms with Crippen molar-refractivity contribution < 1.29 is 9.90 Å². The van der Waals surface area contributed by atoms with Crippen LogP contribution in [0.3, 0.4) is 0 Å². The highest BCUT2D eigenvalue weighted by Gasteiger charge is 2.26. The number of carbonyl (C=O) groups excluding carboxylic acids is 1. The Morgan fingerprint density at radius 2 is 1.90 bits per heavy atom. The molecule has 2 aliphatic rings. The van der Waals surface area contributed by atoms with E-state index in [9.17, 15) is 9.90 Å². The Labute approximate surface area is 197 Å². The molecule has 0 bridgehead atoms. The number of benzene rings is 1. The number of rotatable bonds is 7. The Morgan fingerprint density at radius 3 is 2.50 bits per heavy atom. The van der Waals surface area contributed by atoms with Crippen LogP contribution in [-0.4, -0.2) is 78.6 Å². The molecular weight excluding hydrogens is 493 g/mol. The normalized spacial score (nSPS) is 18.4. The van der Waals surface area contributed by atoms with Crippen LogP contribution in [0.15, 0.2) is 29.3 Å². The average Bonchev–Trinajstić information content (AvgIpc) is 3.17. The molecular formula is C22H36IN5O2. The first kappa shape index (κ1) is 24.6.